The van der Waals surface area contributed by atoms with E-state index in [1.54, 1.807) is 18.2 Å². The van der Waals surface area contributed by atoms with Crippen molar-refractivity contribution in [3.63, 3.8) is 0 Å². The molecule has 2 heterocycles. The van der Waals surface area contributed by atoms with Crippen molar-refractivity contribution in [3.8, 4) is 0 Å². The van der Waals surface area contributed by atoms with Crippen molar-refractivity contribution < 1.29 is 23.1 Å². The van der Waals surface area contributed by atoms with E-state index < -0.39 is 22.0 Å². The largest absolute Gasteiger partial charge is 0.480 e. The number of hydrogen-bond donors (Lipinski definition) is 4. The number of likely N-dealkylation sites (N-methyl/N-ethyl adjacent to an activating group) is 1. The number of nitrogens with zero attached hydrogens (tertiary/aromatic N) is 1. The number of carbonyl (C=O) groups is 2. The third-order valence-corrected chi connectivity index (χ3v) is 8.76. The molecule has 0 fully saturated rings. The van der Waals surface area contributed by atoms with Crippen molar-refractivity contribution in [3.05, 3.63) is 76.7 Å². The maximum atomic E-state index is 12.7. The fourth-order valence-electron chi connectivity index (χ4n) is 4.91. The first-order valence-corrected chi connectivity index (χ1v) is 14.5. The lowest BCUT2D eigenvalue weighted by Gasteiger charge is -2.37. The van der Waals surface area contributed by atoms with Crippen LogP contribution in [-0.4, -0.2) is 62.5 Å². The highest BCUT2D eigenvalue weighted by atomic mass is 32.2. The lowest BCUT2D eigenvalue weighted by Crippen LogP contribution is -2.48. The molecule has 2 aliphatic heterocycles. The van der Waals surface area contributed by atoms with Crippen LogP contribution in [0.4, 0.5) is 0 Å². The smallest absolute Gasteiger partial charge is 0.323 e. The Morgan fingerprint density at radius 1 is 1.16 bits per heavy atom. The van der Waals surface area contributed by atoms with Crippen LogP contribution in [0, 0.1) is 6.92 Å². The number of rotatable bonds is 10. The van der Waals surface area contributed by atoms with Crippen LogP contribution in [0.3, 0.4) is 0 Å². The van der Waals surface area contributed by atoms with Crippen molar-refractivity contribution >= 4 is 21.9 Å². The highest BCUT2D eigenvalue weighted by molar-refractivity contribution is 7.89. The van der Waals surface area contributed by atoms with Crippen molar-refractivity contribution in [2.24, 2.45) is 0 Å². The predicted octanol–water partition coefficient (Wildman–Crippen LogP) is 2.73. The molecule has 1 aromatic rings. The number of benzene rings is 1. The first-order valence-electron chi connectivity index (χ1n) is 13.0. The van der Waals surface area contributed by atoms with E-state index in [1.165, 1.54) is 29.1 Å². The van der Waals surface area contributed by atoms with E-state index in [0.717, 1.165) is 44.2 Å². The highest BCUT2D eigenvalue weighted by Crippen LogP contribution is 2.29. The highest BCUT2D eigenvalue weighted by Gasteiger charge is 2.27. The third-order valence-electron chi connectivity index (χ3n) is 7.27. The number of hydrogen-bond acceptors (Lipinski definition) is 6. The maximum absolute atomic E-state index is 12.7. The molecular weight excluding hydrogens is 504 g/mol. The Bertz CT molecular complexity index is 1290. The molecule has 4 N–H and O–H groups in total. The van der Waals surface area contributed by atoms with Gasteiger partial charge in [-0.1, -0.05) is 47.6 Å². The Labute approximate surface area is 224 Å². The zero-order chi connectivity index (χ0) is 27.3. The third kappa shape index (κ3) is 6.73. The molecule has 10 heteroatoms. The Morgan fingerprint density at radius 2 is 1.92 bits per heavy atom. The molecule has 0 spiro atoms. The zero-order valence-electron chi connectivity index (χ0n) is 21.9. The van der Waals surface area contributed by atoms with Gasteiger partial charge in [-0.15, -0.1) is 0 Å². The molecule has 4 rings (SSSR count). The molecule has 0 aromatic heterocycles. The number of carbonyl (C=O) groups excluding carboxylic acids is 1. The lowest BCUT2D eigenvalue weighted by atomic mass is 9.92. The summed E-state index contributed by atoms with van der Waals surface area (Å²) in [6, 6.07) is 4.93. The minimum atomic E-state index is -4.05. The van der Waals surface area contributed by atoms with E-state index in [2.05, 4.69) is 39.5 Å². The molecule has 1 unspecified atom stereocenters. The summed E-state index contributed by atoms with van der Waals surface area (Å²) < 4.78 is 27.3. The summed E-state index contributed by atoms with van der Waals surface area (Å²) in [6.45, 7) is 2.47. The summed E-state index contributed by atoms with van der Waals surface area (Å²) in [5.41, 5.74) is 4.08. The van der Waals surface area contributed by atoms with Crippen molar-refractivity contribution in [1.29, 1.82) is 0 Å². The van der Waals surface area contributed by atoms with Gasteiger partial charge in [-0.2, -0.15) is 4.72 Å². The first-order chi connectivity index (χ1) is 18.1. The molecule has 0 bridgehead atoms. The van der Waals surface area contributed by atoms with Gasteiger partial charge in [-0.25, -0.2) is 8.42 Å². The number of allylic oxidation sites excluding steroid dienone is 5. The molecule has 9 nitrogen and oxygen atoms in total. The van der Waals surface area contributed by atoms with E-state index in [9.17, 15) is 23.1 Å². The number of carboxylic acid groups (broad SMARTS) is 1. The summed E-state index contributed by atoms with van der Waals surface area (Å²) in [7, 11) is -1.92. The number of aryl methyl sites for hydroxylation is 1. The fourth-order valence-corrected chi connectivity index (χ4v) is 6.10. The summed E-state index contributed by atoms with van der Waals surface area (Å²) in [4.78, 5) is 26.6. The van der Waals surface area contributed by atoms with E-state index in [1.807, 2.05) is 13.0 Å². The molecule has 204 valence electrons. The molecule has 3 aliphatic rings. The standard InChI is InChI=1S/C28H36N4O5S/c1-19-5-15-24(16-6-19)38(36,37)31-25(28(34)35)18-30-27(33)22-10-7-20(8-11-22)9-13-23-14-12-21-4-3-17-29-26(21)32(23)2/h5-7,10,12,14-16,23,25,29,31H,3-4,8-9,11,13,17-18H2,1-2H3,(H,30,33)(H,34,35)/t23?,25-/m0/s1. The Balaban J connectivity index is 1.28. The summed E-state index contributed by atoms with van der Waals surface area (Å²) in [5, 5.41) is 15.6. The molecule has 1 aromatic carbocycles. The molecular formula is C28H36N4O5S. The molecule has 38 heavy (non-hydrogen) atoms. The molecule has 1 aliphatic carbocycles. The van der Waals surface area contributed by atoms with Gasteiger partial charge in [0.15, 0.2) is 0 Å². The SMILES string of the molecule is Cc1ccc(S(=O)(=O)N[C@@H](CNC(=O)C2=CC=C(CCC3C=CC4=C(NCCC4)N3C)CC2)C(=O)O)cc1. The molecule has 0 saturated carbocycles. The second kappa shape index (κ2) is 12.0. The second-order valence-electron chi connectivity index (χ2n) is 10.0. The van der Waals surface area contributed by atoms with Gasteiger partial charge in [0.2, 0.25) is 15.9 Å². The Hall–Kier alpha value is -3.37. The van der Waals surface area contributed by atoms with Crippen LogP contribution in [0.5, 0.6) is 0 Å². The van der Waals surface area contributed by atoms with E-state index in [-0.39, 0.29) is 17.3 Å². The average molecular weight is 541 g/mol. The van der Waals surface area contributed by atoms with Gasteiger partial charge in [0, 0.05) is 31.8 Å². The van der Waals surface area contributed by atoms with Gasteiger partial charge in [0.1, 0.15) is 11.9 Å². The second-order valence-corrected chi connectivity index (χ2v) is 11.7. The van der Waals surface area contributed by atoms with Crippen LogP contribution in [0.15, 0.2) is 76.0 Å². The molecule has 1 amide bonds. The van der Waals surface area contributed by atoms with Crippen molar-refractivity contribution in [2.75, 3.05) is 20.1 Å². The van der Waals surface area contributed by atoms with Crippen molar-refractivity contribution in [1.82, 2.24) is 20.3 Å². The van der Waals surface area contributed by atoms with Crippen LogP contribution < -0.4 is 15.4 Å². The van der Waals surface area contributed by atoms with Crippen LogP contribution in [0.1, 0.15) is 44.1 Å². The lowest BCUT2D eigenvalue weighted by molar-refractivity contribution is -0.138. The Morgan fingerprint density at radius 3 is 2.61 bits per heavy atom. The predicted molar refractivity (Wildman–Crippen MR) is 146 cm³/mol. The van der Waals surface area contributed by atoms with Crippen LogP contribution in [0.25, 0.3) is 0 Å². The molecule has 2 atom stereocenters. The minimum Gasteiger partial charge on any atom is -0.480 e. The Kier molecular flexibility index (Phi) is 8.73. The summed E-state index contributed by atoms with van der Waals surface area (Å²) >= 11 is 0. The summed E-state index contributed by atoms with van der Waals surface area (Å²) in [5.74, 6) is -0.520. The van der Waals surface area contributed by atoms with Crippen LogP contribution >= 0.6 is 0 Å². The molecule has 0 radical (unpaired) electrons. The van der Waals surface area contributed by atoms with Gasteiger partial charge in [-0.3, -0.25) is 9.59 Å². The average Bonchev–Trinajstić information content (AvgIpc) is 2.91. The number of amides is 1. The number of carboxylic acids is 1. The monoisotopic (exact) mass is 540 g/mol. The van der Waals surface area contributed by atoms with Gasteiger partial charge < -0.3 is 20.6 Å². The van der Waals surface area contributed by atoms with Crippen LogP contribution in [-0.2, 0) is 19.6 Å². The summed E-state index contributed by atoms with van der Waals surface area (Å²) in [6.07, 6.45) is 13.8. The topological polar surface area (TPSA) is 128 Å². The van der Waals surface area contributed by atoms with E-state index in [4.69, 9.17) is 0 Å². The van der Waals surface area contributed by atoms with Gasteiger partial charge in [0.05, 0.1) is 4.90 Å². The van der Waals surface area contributed by atoms with Gasteiger partial charge in [-0.05, 0) is 63.2 Å². The van der Waals surface area contributed by atoms with Gasteiger partial charge >= 0.3 is 5.97 Å². The fraction of sp³-hybridized carbons (Fsp3) is 0.429. The maximum Gasteiger partial charge on any atom is 0.323 e. The molecule has 0 saturated heterocycles. The van der Waals surface area contributed by atoms with E-state index >= 15 is 0 Å². The number of aliphatic carboxylic acids is 1. The number of nitrogens with one attached hydrogen (secondary N) is 3. The van der Waals surface area contributed by atoms with Gasteiger partial charge in [0.25, 0.3) is 0 Å². The van der Waals surface area contributed by atoms with Crippen LogP contribution in [0.2, 0.25) is 0 Å². The first kappa shape index (κ1) is 27.7. The number of sulfonamides is 1. The zero-order valence-corrected chi connectivity index (χ0v) is 22.7. The minimum absolute atomic E-state index is 0.0320. The normalized spacial score (nSPS) is 20.2. The quantitative estimate of drug-likeness (QED) is 0.359. The van der Waals surface area contributed by atoms with E-state index in [0.29, 0.717) is 18.0 Å². The van der Waals surface area contributed by atoms with Crippen molar-refractivity contribution in [2.45, 2.75) is 62.4 Å².